The summed E-state index contributed by atoms with van der Waals surface area (Å²) in [5.41, 5.74) is 0.514. The summed E-state index contributed by atoms with van der Waals surface area (Å²) in [7, 11) is 1.46. The van der Waals surface area contributed by atoms with E-state index in [0.717, 1.165) is 0 Å². The van der Waals surface area contributed by atoms with Gasteiger partial charge in [-0.1, -0.05) is 19.3 Å². The molecule has 2 atom stereocenters. The first-order valence-electron chi connectivity index (χ1n) is 6.52. The number of rotatable bonds is 3. The summed E-state index contributed by atoms with van der Waals surface area (Å²) < 4.78 is 4.76. The smallest absolute Gasteiger partial charge is 0.322 e. The van der Waals surface area contributed by atoms with Gasteiger partial charge in [0.25, 0.3) is 0 Å². The third-order valence-electron chi connectivity index (χ3n) is 4.53. The molecule has 2 unspecified atom stereocenters. The second-order valence-corrected chi connectivity index (χ2v) is 5.43. The van der Waals surface area contributed by atoms with Crippen molar-refractivity contribution in [2.24, 2.45) is 5.41 Å². The van der Waals surface area contributed by atoms with Gasteiger partial charge in [-0.2, -0.15) is 0 Å². The third-order valence-corrected chi connectivity index (χ3v) is 4.53. The van der Waals surface area contributed by atoms with Crippen LogP contribution in [-0.4, -0.2) is 25.2 Å². The van der Waals surface area contributed by atoms with E-state index < -0.39 is 0 Å². The lowest BCUT2D eigenvalue weighted by atomic mass is 9.57. The minimum absolute atomic E-state index is 0.141. The summed E-state index contributed by atoms with van der Waals surface area (Å²) in [5, 5.41) is 3.45. The van der Waals surface area contributed by atoms with E-state index >= 15 is 0 Å². The van der Waals surface area contributed by atoms with E-state index in [1.165, 1.54) is 52.1 Å². The number of methoxy groups -OCH3 is 1. The van der Waals surface area contributed by atoms with Crippen molar-refractivity contribution in [3.8, 4) is 0 Å². The number of ether oxygens (including phenoxy) is 1. The molecule has 0 heterocycles. The maximum atomic E-state index is 11.4. The van der Waals surface area contributed by atoms with Crippen LogP contribution in [0.5, 0.6) is 0 Å². The minimum atomic E-state index is -0.158. The Kier molecular flexibility index (Phi) is 3.53. The molecule has 3 nitrogen and oxygen atoms in total. The SMILES string of the molecule is COC(=O)C(C)NC1CCC12CCCCC2. The average Bonchev–Trinajstić information content (AvgIpc) is 2.34. The van der Waals surface area contributed by atoms with Crippen molar-refractivity contribution < 1.29 is 9.53 Å². The second kappa shape index (κ2) is 4.74. The van der Waals surface area contributed by atoms with E-state index in [1.54, 1.807) is 0 Å². The first-order valence-corrected chi connectivity index (χ1v) is 6.52. The molecule has 2 saturated carbocycles. The quantitative estimate of drug-likeness (QED) is 0.749. The Labute approximate surface area is 97.9 Å². The monoisotopic (exact) mass is 225 g/mol. The molecule has 0 bridgehead atoms. The highest BCUT2D eigenvalue weighted by Crippen LogP contribution is 2.51. The summed E-state index contributed by atoms with van der Waals surface area (Å²) >= 11 is 0. The van der Waals surface area contributed by atoms with Crippen molar-refractivity contribution in [3.05, 3.63) is 0 Å². The number of esters is 1. The Morgan fingerprint density at radius 3 is 2.50 bits per heavy atom. The number of nitrogens with one attached hydrogen (secondary N) is 1. The van der Waals surface area contributed by atoms with Crippen LogP contribution in [0.25, 0.3) is 0 Å². The molecule has 1 spiro atoms. The predicted octanol–water partition coefficient (Wildman–Crippen LogP) is 2.25. The van der Waals surface area contributed by atoms with Gasteiger partial charge in [-0.15, -0.1) is 0 Å². The van der Waals surface area contributed by atoms with E-state index in [-0.39, 0.29) is 12.0 Å². The van der Waals surface area contributed by atoms with E-state index in [1.807, 2.05) is 6.92 Å². The zero-order valence-electron chi connectivity index (χ0n) is 10.4. The number of hydrogen-bond donors (Lipinski definition) is 1. The van der Waals surface area contributed by atoms with Gasteiger partial charge in [0.15, 0.2) is 0 Å². The third kappa shape index (κ3) is 2.10. The fourth-order valence-corrected chi connectivity index (χ4v) is 3.36. The number of hydrogen-bond acceptors (Lipinski definition) is 3. The maximum Gasteiger partial charge on any atom is 0.322 e. The molecule has 0 radical (unpaired) electrons. The van der Waals surface area contributed by atoms with Crippen molar-refractivity contribution >= 4 is 5.97 Å². The Morgan fingerprint density at radius 2 is 2.00 bits per heavy atom. The zero-order chi connectivity index (χ0) is 11.6. The van der Waals surface area contributed by atoms with Crippen molar-refractivity contribution in [2.45, 2.75) is 64.0 Å². The highest BCUT2D eigenvalue weighted by molar-refractivity contribution is 5.75. The van der Waals surface area contributed by atoms with Crippen LogP contribution in [-0.2, 0) is 9.53 Å². The van der Waals surface area contributed by atoms with Crippen LogP contribution in [0, 0.1) is 5.41 Å². The normalized spacial score (nSPS) is 29.5. The average molecular weight is 225 g/mol. The van der Waals surface area contributed by atoms with Crippen molar-refractivity contribution in [1.29, 1.82) is 0 Å². The van der Waals surface area contributed by atoms with Gasteiger partial charge in [-0.05, 0) is 38.0 Å². The molecule has 1 N–H and O–H groups in total. The minimum Gasteiger partial charge on any atom is -0.468 e. The number of carbonyl (C=O) groups excluding carboxylic acids is 1. The molecule has 0 aromatic heterocycles. The van der Waals surface area contributed by atoms with Crippen LogP contribution in [0.2, 0.25) is 0 Å². The molecule has 2 aliphatic rings. The van der Waals surface area contributed by atoms with Crippen molar-refractivity contribution in [1.82, 2.24) is 5.32 Å². The van der Waals surface area contributed by atoms with Crippen LogP contribution in [0.3, 0.4) is 0 Å². The molecule has 2 rings (SSSR count). The molecule has 92 valence electrons. The van der Waals surface area contributed by atoms with Crippen LogP contribution in [0.1, 0.15) is 51.9 Å². The molecule has 16 heavy (non-hydrogen) atoms. The molecular weight excluding hydrogens is 202 g/mol. The highest BCUT2D eigenvalue weighted by Gasteiger charge is 2.47. The first-order chi connectivity index (χ1) is 7.68. The van der Waals surface area contributed by atoms with E-state index in [0.29, 0.717) is 11.5 Å². The van der Waals surface area contributed by atoms with E-state index in [2.05, 4.69) is 5.32 Å². The standard InChI is InChI=1S/C13H23NO2/c1-10(12(15)16-2)14-11-6-9-13(11)7-4-3-5-8-13/h10-11,14H,3-9H2,1-2H3. The molecular formula is C13H23NO2. The maximum absolute atomic E-state index is 11.4. The fraction of sp³-hybridized carbons (Fsp3) is 0.923. The Morgan fingerprint density at radius 1 is 1.31 bits per heavy atom. The zero-order valence-corrected chi connectivity index (χ0v) is 10.4. The Bertz CT molecular complexity index is 259. The summed E-state index contributed by atoms with van der Waals surface area (Å²) in [6.07, 6.45) is 9.38. The van der Waals surface area contributed by atoms with Gasteiger partial charge < -0.3 is 10.1 Å². The molecule has 2 fully saturated rings. The predicted molar refractivity (Wildman–Crippen MR) is 63.2 cm³/mol. The second-order valence-electron chi connectivity index (χ2n) is 5.43. The molecule has 0 amide bonds. The Hall–Kier alpha value is -0.570. The van der Waals surface area contributed by atoms with Crippen LogP contribution >= 0.6 is 0 Å². The van der Waals surface area contributed by atoms with Crippen LogP contribution < -0.4 is 5.32 Å². The van der Waals surface area contributed by atoms with Gasteiger partial charge >= 0.3 is 5.97 Å². The summed E-state index contributed by atoms with van der Waals surface area (Å²) in [6.45, 7) is 1.90. The molecule has 0 aliphatic heterocycles. The molecule has 0 aromatic rings. The van der Waals surface area contributed by atoms with Crippen molar-refractivity contribution in [2.75, 3.05) is 7.11 Å². The molecule has 0 saturated heterocycles. The van der Waals surface area contributed by atoms with Crippen LogP contribution in [0.4, 0.5) is 0 Å². The van der Waals surface area contributed by atoms with Gasteiger partial charge in [-0.25, -0.2) is 0 Å². The lowest BCUT2D eigenvalue weighted by Gasteiger charge is -2.53. The van der Waals surface area contributed by atoms with Gasteiger partial charge in [-0.3, -0.25) is 4.79 Å². The summed E-state index contributed by atoms with van der Waals surface area (Å²) in [4.78, 5) is 11.4. The highest BCUT2D eigenvalue weighted by atomic mass is 16.5. The molecule has 2 aliphatic carbocycles. The van der Waals surface area contributed by atoms with Gasteiger partial charge in [0.05, 0.1) is 7.11 Å². The fourth-order valence-electron chi connectivity index (χ4n) is 3.36. The van der Waals surface area contributed by atoms with Gasteiger partial charge in [0.1, 0.15) is 6.04 Å². The lowest BCUT2D eigenvalue weighted by Crippen LogP contribution is -2.57. The largest absolute Gasteiger partial charge is 0.468 e. The summed E-state index contributed by atoms with van der Waals surface area (Å²) in [5.74, 6) is -0.141. The van der Waals surface area contributed by atoms with Crippen LogP contribution in [0.15, 0.2) is 0 Å². The summed E-state index contributed by atoms with van der Waals surface area (Å²) in [6, 6.07) is 0.385. The van der Waals surface area contributed by atoms with E-state index in [9.17, 15) is 4.79 Å². The van der Waals surface area contributed by atoms with Gasteiger partial charge in [0.2, 0.25) is 0 Å². The molecule has 3 heteroatoms. The van der Waals surface area contributed by atoms with E-state index in [4.69, 9.17) is 4.74 Å². The van der Waals surface area contributed by atoms with Crippen molar-refractivity contribution in [3.63, 3.8) is 0 Å². The topological polar surface area (TPSA) is 38.3 Å². The number of carbonyl (C=O) groups is 1. The lowest BCUT2D eigenvalue weighted by molar-refractivity contribution is -0.143. The Balaban J connectivity index is 1.88. The van der Waals surface area contributed by atoms with Gasteiger partial charge in [0, 0.05) is 6.04 Å². The first kappa shape index (κ1) is 11.9. The molecule has 0 aromatic carbocycles.